The van der Waals surface area contributed by atoms with Gasteiger partial charge in [0, 0.05) is 34.6 Å². The quantitative estimate of drug-likeness (QED) is 0.565. The van der Waals surface area contributed by atoms with E-state index in [9.17, 15) is 0 Å². The van der Waals surface area contributed by atoms with E-state index in [2.05, 4.69) is 69.1 Å². The van der Waals surface area contributed by atoms with Crippen molar-refractivity contribution in [2.45, 2.75) is 6.42 Å². The highest BCUT2D eigenvalue weighted by Gasteiger charge is 2.14. The minimum absolute atomic E-state index is 0.584. The highest BCUT2D eigenvalue weighted by atomic mass is 32.1. The fraction of sp³-hybridized carbons (Fsp3) is 0.333. The maximum absolute atomic E-state index is 4.98. The summed E-state index contributed by atoms with van der Waals surface area (Å²) in [7, 11) is 6.32. The smallest absolute Gasteiger partial charge is 0.204 e. The van der Waals surface area contributed by atoms with Crippen LogP contribution in [0.3, 0.4) is 0 Å². The van der Waals surface area contributed by atoms with E-state index in [1.165, 1.54) is 10.1 Å². The Kier molecular flexibility index (Phi) is 4.52. The van der Waals surface area contributed by atoms with Gasteiger partial charge in [-0.3, -0.25) is 0 Å². The fourth-order valence-corrected chi connectivity index (χ4v) is 4.05. The van der Waals surface area contributed by atoms with E-state index in [1.54, 1.807) is 11.3 Å². The molecular formula is C18H21N7S. The van der Waals surface area contributed by atoms with Crippen LogP contribution in [0.15, 0.2) is 29.6 Å². The third-order valence-corrected chi connectivity index (χ3v) is 5.39. The number of benzene rings is 1. The lowest BCUT2D eigenvalue weighted by atomic mass is 10.1. The number of H-pyrrole nitrogens is 1. The number of hydrogen-bond donors (Lipinski definition) is 1. The van der Waals surface area contributed by atoms with Crippen LogP contribution in [-0.2, 0) is 0 Å². The van der Waals surface area contributed by atoms with Gasteiger partial charge >= 0.3 is 0 Å². The zero-order valence-electron chi connectivity index (χ0n) is 15.1. The first kappa shape index (κ1) is 16.9. The van der Waals surface area contributed by atoms with Gasteiger partial charge in [-0.1, -0.05) is 12.1 Å². The minimum atomic E-state index is 0.584. The van der Waals surface area contributed by atoms with Gasteiger partial charge in [0.2, 0.25) is 5.82 Å². The van der Waals surface area contributed by atoms with Crippen LogP contribution in [-0.4, -0.2) is 64.7 Å². The second kappa shape index (κ2) is 6.97. The number of aromatic amines is 1. The van der Waals surface area contributed by atoms with E-state index in [0.717, 1.165) is 41.8 Å². The van der Waals surface area contributed by atoms with Gasteiger partial charge in [0.25, 0.3) is 0 Å². The van der Waals surface area contributed by atoms with E-state index in [-0.39, 0.29) is 0 Å². The van der Waals surface area contributed by atoms with Crippen molar-refractivity contribution in [2.75, 3.05) is 39.1 Å². The largest absolute Gasteiger partial charge is 0.359 e. The molecule has 8 heteroatoms. The molecule has 0 unspecified atom stereocenters. The second-order valence-electron chi connectivity index (χ2n) is 6.64. The third kappa shape index (κ3) is 3.13. The molecule has 0 atom stereocenters. The summed E-state index contributed by atoms with van der Waals surface area (Å²) in [6.45, 7) is 2.03. The summed E-state index contributed by atoms with van der Waals surface area (Å²) >= 11 is 1.76. The first-order valence-corrected chi connectivity index (χ1v) is 9.42. The Morgan fingerprint density at radius 2 is 1.96 bits per heavy atom. The molecule has 134 valence electrons. The molecule has 0 saturated heterocycles. The normalized spacial score (nSPS) is 11.7. The molecular weight excluding hydrogens is 346 g/mol. The summed E-state index contributed by atoms with van der Waals surface area (Å²) in [5, 5.41) is 18.8. The Hall–Kier alpha value is -2.58. The number of hydrogen-bond acceptors (Lipinski definition) is 7. The molecule has 4 rings (SSSR count). The molecule has 0 saturated carbocycles. The molecule has 4 aromatic rings. The first-order chi connectivity index (χ1) is 12.6. The lowest BCUT2D eigenvalue weighted by molar-refractivity contribution is 0.401. The third-order valence-electron chi connectivity index (χ3n) is 4.44. The van der Waals surface area contributed by atoms with Crippen LogP contribution >= 0.6 is 11.3 Å². The van der Waals surface area contributed by atoms with E-state index in [0.29, 0.717) is 5.82 Å². The molecule has 3 heterocycles. The topological polar surface area (TPSA) is 73.8 Å². The van der Waals surface area contributed by atoms with Crippen molar-refractivity contribution >= 4 is 38.1 Å². The van der Waals surface area contributed by atoms with Gasteiger partial charge in [-0.15, -0.1) is 21.5 Å². The minimum Gasteiger partial charge on any atom is -0.359 e. The van der Waals surface area contributed by atoms with Crippen molar-refractivity contribution in [3.8, 4) is 11.4 Å². The summed E-state index contributed by atoms with van der Waals surface area (Å²) in [4.78, 5) is 9.43. The van der Waals surface area contributed by atoms with Crippen molar-refractivity contribution in [3.05, 3.63) is 29.6 Å². The Bertz CT molecular complexity index is 1020. The highest BCUT2D eigenvalue weighted by Crippen LogP contribution is 2.36. The van der Waals surface area contributed by atoms with Crippen LogP contribution in [0.5, 0.6) is 0 Å². The van der Waals surface area contributed by atoms with Crippen LogP contribution in [0, 0.1) is 0 Å². The van der Waals surface area contributed by atoms with Crippen molar-refractivity contribution in [2.24, 2.45) is 0 Å². The lowest BCUT2D eigenvalue weighted by Crippen LogP contribution is -2.24. The zero-order chi connectivity index (χ0) is 18.1. The van der Waals surface area contributed by atoms with Crippen LogP contribution in [0.1, 0.15) is 6.42 Å². The van der Waals surface area contributed by atoms with Gasteiger partial charge in [0.15, 0.2) is 0 Å². The van der Waals surface area contributed by atoms with Crippen LogP contribution < -0.4 is 4.90 Å². The maximum Gasteiger partial charge on any atom is 0.204 e. The second-order valence-corrected chi connectivity index (χ2v) is 7.56. The highest BCUT2D eigenvalue weighted by molar-refractivity contribution is 7.18. The standard InChI is InChI=1S/C18H21N7S/c1-24(2)8-4-9-25(3)18-14-7-10-26-16(14)13-6-5-12(11-15(13)19-18)17-20-22-23-21-17/h5-7,10-11H,4,8-9H2,1-3H3,(H,20,21,22,23). The van der Waals surface area contributed by atoms with Gasteiger partial charge in [-0.2, -0.15) is 5.21 Å². The Labute approximate surface area is 155 Å². The Morgan fingerprint density at radius 3 is 2.73 bits per heavy atom. The maximum atomic E-state index is 4.98. The molecule has 26 heavy (non-hydrogen) atoms. The van der Waals surface area contributed by atoms with E-state index < -0.39 is 0 Å². The molecule has 0 aliphatic rings. The number of rotatable bonds is 6. The summed E-state index contributed by atoms with van der Waals surface area (Å²) in [5.41, 5.74) is 1.87. The number of anilines is 1. The summed E-state index contributed by atoms with van der Waals surface area (Å²) in [6, 6.07) is 8.32. The van der Waals surface area contributed by atoms with Gasteiger partial charge in [-0.25, -0.2) is 4.98 Å². The van der Waals surface area contributed by atoms with Gasteiger partial charge in [0.05, 0.1) is 5.52 Å². The number of nitrogens with one attached hydrogen (secondary N) is 1. The molecule has 0 aliphatic heterocycles. The number of aromatic nitrogens is 5. The number of tetrazole rings is 1. The molecule has 0 aliphatic carbocycles. The predicted octanol–water partition coefficient (Wildman–Crippen LogP) is 3.02. The Morgan fingerprint density at radius 1 is 1.08 bits per heavy atom. The molecule has 0 spiro atoms. The average molecular weight is 367 g/mol. The molecule has 3 aromatic heterocycles. The monoisotopic (exact) mass is 367 g/mol. The van der Waals surface area contributed by atoms with E-state index in [1.807, 2.05) is 12.1 Å². The van der Waals surface area contributed by atoms with Crippen LogP contribution in [0.2, 0.25) is 0 Å². The van der Waals surface area contributed by atoms with Crippen molar-refractivity contribution in [1.82, 2.24) is 30.5 Å². The molecule has 0 fully saturated rings. The lowest BCUT2D eigenvalue weighted by Gasteiger charge is -2.21. The molecule has 0 radical (unpaired) electrons. The Balaban J connectivity index is 1.77. The zero-order valence-corrected chi connectivity index (χ0v) is 15.9. The van der Waals surface area contributed by atoms with Crippen molar-refractivity contribution in [3.63, 3.8) is 0 Å². The fourth-order valence-electron chi connectivity index (χ4n) is 3.13. The van der Waals surface area contributed by atoms with E-state index >= 15 is 0 Å². The number of pyridine rings is 1. The number of fused-ring (bicyclic) bond motifs is 3. The van der Waals surface area contributed by atoms with Crippen LogP contribution in [0.25, 0.3) is 32.4 Å². The van der Waals surface area contributed by atoms with Crippen LogP contribution in [0.4, 0.5) is 5.82 Å². The van der Waals surface area contributed by atoms with Gasteiger partial charge in [-0.05, 0) is 49.8 Å². The molecule has 1 aromatic carbocycles. The van der Waals surface area contributed by atoms with Crippen molar-refractivity contribution in [1.29, 1.82) is 0 Å². The first-order valence-electron chi connectivity index (χ1n) is 8.54. The van der Waals surface area contributed by atoms with E-state index in [4.69, 9.17) is 4.98 Å². The molecule has 0 amide bonds. The molecule has 1 N–H and O–H groups in total. The summed E-state index contributed by atoms with van der Waals surface area (Å²) in [6.07, 6.45) is 1.09. The molecule has 7 nitrogen and oxygen atoms in total. The average Bonchev–Trinajstić information content (AvgIpc) is 3.31. The number of thiophene rings is 1. The summed E-state index contributed by atoms with van der Waals surface area (Å²) < 4.78 is 1.27. The predicted molar refractivity (Wildman–Crippen MR) is 107 cm³/mol. The van der Waals surface area contributed by atoms with Crippen molar-refractivity contribution < 1.29 is 0 Å². The number of nitrogens with zero attached hydrogens (tertiary/aromatic N) is 6. The summed E-state index contributed by atoms with van der Waals surface area (Å²) in [5.74, 6) is 1.61. The SMILES string of the molecule is CN(C)CCCN(C)c1nc2cc(-c3nn[nH]n3)ccc2c2sccc12. The van der Waals surface area contributed by atoms with Gasteiger partial charge in [0.1, 0.15) is 5.82 Å². The molecule has 0 bridgehead atoms. The van der Waals surface area contributed by atoms with Gasteiger partial charge < -0.3 is 9.80 Å².